The third-order valence-corrected chi connectivity index (χ3v) is 3.15. The zero-order valence-electron chi connectivity index (χ0n) is 10.6. The summed E-state index contributed by atoms with van der Waals surface area (Å²) in [5.41, 5.74) is 0. The van der Waals surface area contributed by atoms with Gasteiger partial charge in [-0.25, -0.2) is 0 Å². The molecule has 2 N–H and O–H groups in total. The second-order valence-corrected chi connectivity index (χ2v) is 4.71. The summed E-state index contributed by atoms with van der Waals surface area (Å²) in [6.45, 7) is 5.49. The van der Waals surface area contributed by atoms with Crippen molar-refractivity contribution in [1.29, 1.82) is 0 Å². The van der Waals surface area contributed by atoms with E-state index < -0.39 is 0 Å². The van der Waals surface area contributed by atoms with Gasteiger partial charge in [0.25, 0.3) is 0 Å². The van der Waals surface area contributed by atoms with E-state index >= 15 is 0 Å². The van der Waals surface area contributed by atoms with Gasteiger partial charge in [-0.15, -0.1) is 0 Å². The van der Waals surface area contributed by atoms with Gasteiger partial charge in [0.05, 0.1) is 5.92 Å². The summed E-state index contributed by atoms with van der Waals surface area (Å²) < 4.78 is 0. The molecule has 1 heterocycles. The molecule has 2 unspecified atom stereocenters. The Hall–Kier alpha value is -1.10. The minimum absolute atomic E-state index is 0.00305. The Kier molecular flexibility index (Phi) is 5.41. The number of hydrogen-bond donors (Lipinski definition) is 2. The van der Waals surface area contributed by atoms with Gasteiger partial charge >= 0.3 is 0 Å². The quantitative estimate of drug-likeness (QED) is 0.712. The van der Waals surface area contributed by atoms with Crippen LogP contribution in [0.25, 0.3) is 0 Å². The lowest BCUT2D eigenvalue weighted by molar-refractivity contribution is -0.130. The van der Waals surface area contributed by atoms with Crippen LogP contribution in [-0.2, 0) is 9.59 Å². The molecule has 1 fully saturated rings. The van der Waals surface area contributed by atoms with Crippen molar-refractivity contribution in [2.24, 2.45) is 11.8 Å². The molecule has 1 saturated heterocycles. The van der Waals surface area contributed by atoms with Crippen molar-refractivity contribution >= 4 is 11.8 Å². The molecule has 0 saturated carbocycles. The molecule has 2 amide bonds. The molecule has 1 aliphatic heterocycles. The number of rotatable bonds is 5. The molecule has 0 bridgehead atoms. The van der Waals surface area contributed by atoms with Crippen molar-refractivity contribution in [3.8, 4) is 0 Å². The maximum absolute atomic E-state index is 11.8. The van der Waals surface area contributed by atoms with E-state index in [0.717, 1.165) is 6.42 Å². The number of carbonyl (C=O) groups excluding carboxylic acids is 2. The summed E-state index contributed by atoms with van der Waals surface area (Å²) in [4.78, 5) is 25.0. The minimum Gasteiger partial charge on any atom is -0.396 e. The first-order chi connectivity index (χ1) is 8.08. The zero-order chi connectivity index (χ0) is 12.8. The molecular weight excluding hydrogens is 220 g/mol. The second kappa shape index (κ2) is 6.59. The number of nitrogens with zero attached hydrogens (tertiary/aromatic N) is 1. The van der Waals surface area contributed by atoms with Gasteiger partial charge in [-0.1, -0.05) is 13.8 Å². The molecule has 0 aliphatic carbocycles. The molecule has 1 rings (SSSR count). The standard InChI is InChI=1S/C12H22N2O3/c1-3-11(16)14-5-4-10(7-14)12(17)13-6-9(2)8-15/h9-10,15H,3-8H2,1-2H3,(H,13,17). The molecular formula is C12H22N2O3. The Labute approximate surface area is 102 Å². The SMILES string of the molecule is CCC(=O)N1CCC(C(=O)NCC(C)CO)C1. The number of aliphatic hydroxyl groups excluding tert-OH is 1. The van der Waals surface area contributed by atoms with Crippen molar-refractivity contribution in [3.05, 3.63) is 0 Å². The summed E-state index contributed by atoms with van der Waals surface area (Å²) in [7, 11) is 0. The minimum atomic E-state index is -0.0867. The number of amides is 2. The van der Waals surface area contributed by atoms with E-state index in [1.807, 2.05) is 13.8 Å². The van der Waals surface area contributed by atoms with Crippen LogP contribution in [-0.4, -0.2) is 48.1 Å². The second-order valence-electron chi connectivity index (χ2n) is 4.71. The predicted molar refractivity (Wildman–Crippen MR) is 64.2 cm³/mol. The summed E-state index contributed by atoms with van der Waals surface area (Å²) in [5, 5.41) is 11.7. The molecule has 5 heteroatoms. The van der Waals surface area contributed by atoms with Gasteiger partial charge < -0.3 is 15.3 Å². The van der Waals surface area contributed by atoms with Crippen LogP contribution in [0.5, 0.6) is 0 Å². The van der Waals surface area contributed by atoms with E-state index in [1.165, 1.54) is 0 Å². The lowest BCUT2D eigenvalue weighted by Gasteiger charge is -2.16. The third kappa shape index (κ3) is 4.00. The molecule has 0 aromatic carbocycles. The van der Waals surface area contributed by atoms with Gasteiger partial charge in [-0.3, -0.25) is 9.59 Å². The molecule has 0 spiro atoms. The fourth-order valence-corrected chi connectivity index (χ4v) is 1.91. The third-order valence-electron chi connectivity index (χ3n) is 3.15. The summed E-state index contributed by atoms with van der Waals surface area (Å²) in [6.07, 6.45) is 1.24. The van der Waals surface area contributed by atoms with Crippen LogP contribution in [0.1, 0.15) is 26.7 Å². The number of carbonyl (C=O) groups is 2. The van der Waals surface area contributed by atoms with Crippen LogP contribution in [0.4, 0.5) is 0 Å². The smallest absolute Gasteiger partial charge is 0.224 e. The van der Waals surface area contributed by atoms with Crippen molar-refractivity contribution in [1.82, 2.24) is 10.2 Å². The molecule has 1 aliphatic rings. The van der Waals surface area contributed by atoms with Gasteiger partial charge in [0.15, 0.2) is 0 Å². The summed E-state index contributed by atoms with van der Waals surface area (Å²) >= 11 is 0. The molecule has 5 nitrogen and oxygen atoms in total. The van der Waals surface area contributed by atoms with Crippen LogP contribution in [0.3, 0.4) is 0 Å². The van der Waals surface area contributed by atoms with Gasteiger partial charge in [0, 0.05) is 32.7 Å². The van der Waals surface area contributed by atoms with E-state index in [4.69, 9.17) is 5.11 Å². The van der Waals surface area contributed by atoms with Gasteiger partial charge in [0.2, 0.25) is 11.8 Å². The van der Waals surface area contributed by atoms with Crippen LogP contribution >= 0.6 is 0 Å². The number of hydrogen-bond acceptors (Lipinski definition) is 3. The molecule has 98 valence electrons. The molecule has 2 atom stereocenters. The number of aliphatic hydroxyl groups is 1. The lowest BCUT2D eigenvalue weighted by Crippen LogP contribution is -2.36. The van der Waals surface area contributed by atoms with Gasteiger partial charge in [-0.05, 0) is 12.3 Å². The van der Waals surface area contributed by atoms with Crippen LogP contribution < -0.4 is 5.32 Å². The highest BCUT2D eigenvalue weighted by atomic mass is 16.3. The topological polar surface area (TPSA) is 69.6 Å². The maximum atomic E-state index is 11.8. The maximum Gasteiger partial charge on any atom is 0.224 e. The van der Waals surface area contributed by atoms with Crippen LogP contribution in [0.15, 0.2) is 0 Å². The van der Waals surface area contributed by atoms with Gasteiger partial charge in [-0.2, -0.15) is 0 Å². The Morgan fingerprint density at radius 2 is 2.24 bits per heavy atom. The Bertz CT molecular complexity index is 281. The lowest BCUT2D eigenvalue weighted by atomic mass is 10.1. The zero-order valence-corrected chi connectivity index (χ0v) is 10.6. The first-order valence-corrected chi connectivity index (χ1v) is 6.24. The van der Waals surface area contributed by atoms with Crippen molar-refractivity contribution in [2.45, 2.75) is 26.7 Å². The van der Waals surface area contributed by atoms with Crippen LogP contribution in [0.2, 0.25) is 0 Å². The number of nitrogens with one attached hydrogen (secondary N) is 1. The van der Waals surface area contributed by atoms with E-state index in [1.54, 1.807) is 4.90 Å². The molecule has 0 radical (unpaired) electrons. The van der Waals surface area contributed by atoms with E-state index in [0.29, 0.717) is 26.1 Å². The largest absolute Gasteiger partial charge is 0.396 e. The highest BCUT2D eigenvalue weighted by Gasteiger charge is 2.30. The normalized spacial score (nSPS) is 21.4. The van der Waals surface area contributed by atoms with E-state index in [9.17, 15) is 9.59 Å². The molecule has 17 heavy (non-hydrogen) atoms. The average Bonchev–Trinajstić information content (AvgIpc) is 2.83. The average molecular weight is 242 g/mol. The van der Waals surface area contributed by atoms with Gasteiger partial charge in [0.1, 0.15) is 0 Å². The highest BCUT2D eigenvalue weighted by Crippen LogP contribution is 2.17. The van der Waals surface area contributed by atoms with Crippen molar-refractivity contribution in [2.75, 3.05) is 26.2 Å². The molecule has 0 aromatic heterocycles. The number of likely N-dealkylation sites (tertiary alicyclic amines) is 1. The van der Waals surface area contributed by atoms with Crippen molar-refractivity contribution < 1.29 is 14.7 Å². The first-order valence-electron chi connectivity index (χ1n) is 6.24. The Morgan fingerprint density at radius 3 is 2.82 bits per heavy atom. The fourth-order valence-electron chi connectivity index (χ4n) is 1.91. The van der Waals surface area contributed by atoms with E-state index in [2.05, 4.69) is 5.32 Å². The monoisotopic (exact) mass is 242 g/mol. The van der Waals surface area contributed by atoms with Crippen LogP contribution in [0, 0.1) is 11.8 Å². The first kappa shape index (κ1) is 14.0. The fraction of sp³-hybridized carbons (Fsp3) is 0.833. The highest BCUT2D eigenvalue weighted by molar-refractivity contribution is 5.82. The van der Waals surface area contributed by atoms with E-state index in [-0.39, 0.29) is 30.3 Å². The molecule has 0 aromatic rings. The summed E-state index contributed by atoms with van der Waals surface area (Å²) in [6, 6.07) is 0. The predicted octanol–water partition coefficient (Wildman–Crippen LogP) is -0.0105. The van der Waals surface area contributed by atoms with Crippen molar-refractivity contribution in [3.63, 3.8) is 0 Å². The Morgan fingerprint density at radius 1 is 1.53 bits per heavy atom. The summed E-state index contributed by atoms with van der Waals surface area (Å²) in [5.74, 6) is 0.103. The Balaban J connectivity index is 2.33.